The van der Waals surface area contributed by atoms with E-state index in [0.717, 1.165) is 11.1 Å². The molecular weight excluding hydrogens is 640 g/mol. The molecule has 0 bridgehead atoms. The predicted molar refractivity (Wildman–Crippen MR) is 189 cm³/mol. The van der Waals surface area contributed by atoms with Gasteiger partial charge >= 0.3 is 270 Å². The number of alkyl halides is 3. The molecule has 0 unspecified atom stereocenters. The molecule has 0 saturated carbocycles. The minimum atomic E-state index is -4.47. The van der Waals surface area contributed by atoms with Gasteiger partial charge in [0.05, 0.1) is 0 Å². The van der Waals surface area contributed by atoms with E-state index in [2.05, 4.69) is 91.9 Å². The monoisotopic (exact) mass is 666 g/mol. The maximum absolute atomic E-state index is 14.5. The van der Waals surface area contributed by atoms with E-state index in [9.17, 15) is 13.2 Å². The van der Waals surface area contributed by atoms with E-state index in [0.29, 0.717) is 10.8 Å². The van der Waals surface area contributed by atoms with Crippen molar-refractivity contribution >= 4 is 76.9 Å². The van der Waals surface area contributed by atoms with Crippen LogP contribution in [0.5, 0.6) is 0 Å². The Morgan fingerprint density at radius 2 is 0.848 bits per heavy atom. The van der Waals surface area contributed by atoms with Crippen molar-refractivity contribution in [3.63, 3.8) is 0 Å². The SMILES string of the molecule is Cc1c2ccccc2c(-c2ccc3c(c2)[se]c2ccc(-c4c5ccccc5c(C(F)(F)F)c5ccccc45)cc23)c2ccccc12. The van der Waals surface area contributed by atoms with Crippen LogP contribution < -0.4 is 0 Å². The van der Waals surface area contributed by atoms with Crippen LogP contribution in [0, 0.1) is 6.92 Å². The summed E-state index contributed by atoms with van der Waals surface area (Å²) in [6.07, 6.45) is -4.47. The Labute approximate surface area is 269 Å². The third kappa shape index (κ3) is 4.00. The van der Waals surface area contributed by atoms with Gasteiger partial charge in [0, 0.05) is 0 Å². The second-order valence-corrected chi connectivity index (χ2v) is 14.2. The van der Waals surface area contributed by atoms with Gasteiger partial charge in [-0.2, -0.15) is 0 Å². The van der Waals surface area contributed by atoms with Gasteiger partial charge in [0.15, 0.2) is 0 Å². The number of rotatable bonds is 2. The van der Waals surface area contributed by atoms with Crippen LogP contribution in [0.1, 0.15) is 11.1 Å². The van der Waals surface area contributed by atoms with Gasteiger partial charge in [-0.05, 0) is 0 Å². The first-order valence-electron chi connectivity index (χ1n) is 15.3. The van der Waals surface area contributed by atoms with Crippen LogP contribution in [-0.2, 0) is 6.18 Å². The molecule has 0 aliphatic carbocycles. The van der Waals surface area contributed by atoms with Crippen LogP contribution in [0.2, 0.25) is 0 Å². The van der Waals surface area contributed by atoms with Gasteiger partial charge in [0.25, 0.3) is 0 Å². The Morgan fingerprint density at radius 3 is 1.37 bits per heavy atom. The minimum absolute atomic E-state index is 0.111. The van der Waals surface area contributed by atoms with Gasteiger partial charge < -0.3 is 0 Å². The Hall–Kier alpha value is -4.89. The number of hydrogen-bond acceptors (Lipinski definition) is 0. The summed E-state index contributed by atoms with van der Waals surface area (Å²) < 4.78 is 46.1. The van der Waals surface area contributed by atoms with E-state index in [1.807, 2.05) is 24.3 Å². The van der Waals surface area contributed by atoms with Crippen molar-refractivity contribution in [2.45, 2.75) is 13.1 Å². The van der Waals surface area contributed by atoms with E-state index in [1.165, 1.54) is 57.5 Å². The third-order valence-electron chi connectivity index (χ3n) is 9.46. The Balaban J connectivity index is 1.29. The fourth-order valence-electron chi connectivity index (χ4n) is 7.49. The summed E-state index contributed by atoms with van der Waals surface area (Å²) in [5, 5.41) is 9.13. The summed E-state index contributed by atoms with van der Waals surface area (Å²) in [5.41, 5.74) is 4.97. The summed E-state index contributed by atoms with van der Waals surface area (Å²) in [6, 6.07) is 44.5. The molecule has 0 nitrogen and oxygen atoms in total. The molecule has 220 valence electrons. The quantitative estimate of drug-likeness (QED) is 0.127. The van der Waals surface area contributed by atoms with Crippen molar-refractivity contribution in [1.82, 2.24) is 0 Å². The fraction of sp³-hybridized carbons (Fsp3) is 0.0476. The molecule has 1 heterocycles. The summed E-state index contributed by atoms with van der Waals surface area (Å²) >= 11 is 0.111. The number of halogens is 3. The molecule has 4 heteroatoms. The topological polar surface area (TPSA) is 0 Å². The molecule has 46 heavy (non-hydrogen) atoms. The molecule has 0 fully saturated rings. The number of aryl methyl sites for hydroxylation is 1. The molecule has 8 aromatic carbocycles. The first kappa shape index (κ1) is 27.4. The standard InChI is InChI=1S/C42H25F3Se/c1-24-27-10-2-4-12-30(27)40(31-13-5-3-11-28(24)31)26-18-20-29-36-22-25(19-21-37(36)46-38(29)23-26)39-32-14-6-8-16-34(32)41(42(43,44)45)35-17-9-7-15-33(35)39/h2-23H,1H3. The van der Waals surface area contributed by atoms with Crippen LogP contribution in [0.3, 0.4) is 0 Å². The second-order valence-electron chi connectivity index (χ2n) is 12.0. The van der Waals surface area contributed by atoms with Crippen LogP contribution in [0.25, 0.3) is 84.6 Å². The van der Waals surface area contributed by atoms with Crippen molar-refractivity contribution in [2.24, 2.45) is 0 Å². The Kier molecular flexibility index (Phi) is 5.99. The average Bonchev–Trinajstić information content (AvgIpc) is 3.44. The van der Waals surface area contributed by atoms with Crippen LogP contribution >= 0.6 is 0 Å². The molecule has 0 radical (unpaired) electrons. The molecule has 0 aliphatic rings. The Bertz CT molecular complexity index is 2580. The third-order valence-corrected chi connectivity index (χ3v) is 11.8. The van der Waals surface area contributed by atoms with E-state index in [4.69, 9.17) is 0 Å². The molecule has 9 rings (SSSR count). The normalized spacial score (nSPS) is 12.3. The van der Waals surface area contributed by atoms with Gasteiger partial charge in [-0.25, -0.2) is 0 Å². The molecule has 9 aromatic rings. The summed E-state index contributed by atoms with van der Waals surface area (Å²) in [7, 11) is 0. The van der Waals surface area contributed by atoms with Gasteiger partial charge in [-0.3, -0.25) is 0 Å². The Morgan fingerprint density at radius 1 is 0.413 bits per heavy atom. The van der Waals surface area contributed by atoms with Crippen LogP contribution in [0.15, 0.2) is 133 Å². The summed E-state index contributed by atoms with van der Waals surface area (Å²) in [6.45, 7) is 2.21. The summed E-state index contributed by atoms with van der Waals surface area (Å²) in [4.78, 5) is 0. The summed E-state index contributed by atoms with van der Waals surface area (Å²) in [5.74, 6) is 0. The van der Waals surface area contributed by atoms with Crippen molar-refractivity contribution in [2.75, 3.05) is 0 Å². The van der Waals surface area contributed by atoms with E-state index >= 15 is 0 Å². The van der Waals surface area contributed by atoms with E-state index in [-0.39, 0.29) is 25.3 Å². The van der Waals surface area contributed by atoms with Crippen molar-refractivity contribution in [3.8, 4) is 22.3 Å². The number of benzene rings is 8. The molecule has 1 aromatic heterocycles. The van der Waals surface area contributed by atoms with Crippen molar-refractivity contribution in [1.29, 1.82) is 0 Å². The number of fused-ring (bicyclic) bond motifs is 7. The molecule has 0 spiro atoms. The van der Waals surface area contributed by atoms with Gasteiger partial charge in [0.2, 0.25) is 0 Å². The van der Waals surface area contributed by atoms with Crippen molar-refractivity contribution in [3.05, 3.63) is 145 Å². The first-order chi connectivity index (χ1) is 22.4. The molecule has 0 atom stereocenters. The van der Waals surface area contributed by atoms with Crippen molar-refractivity contribution < 1.29 is 13.2 Å². The average molecular weight is 666 g/mol. The number of hydrogen-bond donors (Lipinski definition) is 0. The molecular formula is C42H25F3Se. The predicted octanol–water partition coefficient (Wildman–Crippen LogP) is 12.3. The van der Waals surface area contributed by atoms with Gasteiger partial charge in [-0.1, -0.05) is 0 Å². The zero-order valence-electron chi connectivity index (χ0n) is 24.7. The molecule has 0 saturated heterocycles. The molecule has 0 N–H and O–H groups in total. The molecule has 0 amide bonds. The van der Waals surface area contributed by atoms with E-state index < -0.39 is 11.7 Å². The van der Waals surface area contributed by atoms with E-state index in [1.54, 1.807) is 24.3 Å². The molecule has 0 aliphatic heterocycles. The van der Waals surface area contributed by atoms with Gasteiger partial charge in [0.1, 0.15) is 0 Å². The zero-order chi connectivity index (χ0) is 31.2. The second kappa shape index (κ2) is 10.1. The van der Waals surface area contributed by atoms with Crippen LogP contribution in [0.4, 0.5) is 13.2 Å². The van der Waals surface area contributed by atoms with Crippen LogP contribution in [-0.4, -0.2) is 14.5 Å². The fourth-order valence-corrected chi connectivity index (χ4v) is 9.85. The zero-order valence-corrected chi connectivity index (χ0v) is 26.5. The first-order valence-corrected chi connectivity index (χ1v) is 17.0. The maximum atomic E-state index is 14.5. The van der Waals surface area contributed by atoms with Gasteiger partial charge in [-0.15, -0.1) is 0 Å².